The van der Waals surface area contributed by atoms with Gasteiger partial charge in [-0.3, -0.25) is 9.59 Å². The molecular weight excluding hydrogens is 340 g/mol. The molecule has 0 saturated heterocycles. The summed E-state index contributed by atoms with van der Waals surface area (Å²) in [6, 6.07) is 20.6. The van der Waals surface area contributed by atoms with Crippen molar-refractivity contribution in [2.24, 2.45) is 0 Å². The first-order chi connectivity index (χ1) is 13.0. The summed E-state index contributed by atoms with van der Waals surface area (Å²) in [7, 11) is 0. The molecule has 0 bridgehead atoms. The zero-order valence-corrected chi connectivity index (χ0v) is 15.4. The third-order valence-corrected chi connectivity index (χ3v) is 4.23. The van der Waals surface area contributed by atoms with E-state index in [1.165, 1.54) is 0 Å². The van der Waals surface area contributed by atoms with Crippen molar-refractivity contribution >= 4 is 11.8 Å². The number of amides is 2. The van der Waals surface area contributed by atoms with Crippen LogP contribution in [0.2, 0.25) is 0 Å². The summed E-state index contributed by atoms with van der Waals surface area (Å²) in [5.41, 5.74) is 2.63. The molecule has 138 valence electrons. The number of furan rings is 1. The molecule has 5 nitrogen and oxygen atoms in total. The van der Waals surface area contributed by atoms with Crippen LogP contribution in [0.4, 0.5) is 0 Å². The Kier molecular flexibility index (Phi) is 5.71. The summed E-state index contributed by atoms with van der Waals surface area (Å²) in [6.07, 6.45) is 0. The SMILES string of the molecule is Cc1ccc(C(C)NC(=O)CNC(=O)c2ccc(-c3ccccc3)cc2)o1. The van der Waals surface area contributed by atoms with Gasteiger partial charge in [-0.25, -0.2) is 0 Å². The molecule has 1 atom stereocenters. The van der Waals surface area contributed by atoms with Gasteiger partial charge in [-0.05, 0) is 49.2 Å². The Labute approximate surface area is 158 Å². The van der Waals surface area contributed by atoms with Gasteiger partial charge in [-0.1, -0.05) is 42.5 Å². The van der Waals surface area contributed by atoms with Gasteiger partial charge in [-0.15, -0.1) is 0 Å². The van der Waals surface area contributed by atoms with Crippen molar-refractivity contribution < 1.29 is 14.0 Å². The Hall–Kier alpha value is -3.34. The molecule has 0 aliphatic rings. The highest BCUT2D eigenvalue weighted by molar-refractivity contribution is 5.96. The Morgan fingerprint density at radius 1 is 0.926 bits per heavy atom. The number of benzene rings is 2. The van der Waals surface area contributed by atoms with Crippen LogP contribution in [-0.4, -0.2) is 18.4 Å². The zero-order chi connectivity index (χ0) is 19.2. The molecule has 1 aromatic heterocycles. The van der Waals surface area contributed by atoms with E-state index in [0.29, 0.717) is 11.3 Å². The predicted octanol–water partition coefficient (Wildman–Crippen LogP) is 3.86. The van der Waals surface area contributed by atoms with Gasteiger partial charge in [0.05, 0.1) is 12.6 Å². The zero-order valence-electron chi connectivity index (χ0n) is 15.4. The largest absolute Gasteiger partial charge is 0.464 e. The van der Waals surface area contributed by atoms with Crippen molar-refractivity contribution in [1.29, 1.82) is 0 Å². The van der Waals surface area contributed by atoms with Crippen LogP contribution < -0.4 is 10.6 Å². The molecule has 0 spiro atoms. The minimum atomic E-state index is -0.286. The molecule has 27 heavy (non-hydrogen) atoms. The normalized spacial score (nSPS) is 11.6. The van der Waals surface area contributed by atoms with Gasteiger partial charge in [0.15, 0.2) is 0 Å². The summed E-state index contributed by atoms with van der Waals surface area (Å²) >= 11 is 0. The first kappa shape index (κ1) is 18.5. The standard InChI is InChI=1S/C22H22N2O3/c1-15-8-13-20(27-15)16(2)24-21(25)14-23-22(26)19-11-9-18(10-12-19)17-6-4-3-5-7-17/h3-13,16H,14H2,1-2H3,(H,23,26)(H,24,25). The maximum atomic E-state index is 12.2. The van der Waals surface area contributed by atoms with E-state index in [2.05, 4.69) is 10.6 Å². The number of carbonyl (C=O) groups excluding carboxylic acids is 2. The van der Waals surface area contributed by atoms with E-state index in [4.69, 9.17) is 4.42 Å². The molecule has 1 heterocycles. The highest BCUT2D eigenvalue weighted by Gasteiger charge is 2.14. The lowest BCUT2D eigenvalue weighted by molar-refractivity contribution is -0.120. The molecule has 0 aliphatic heterocycles. The van der Waals surface area contributed by atoms with Crippen LogP contribution in [-0.2, 0) is 4.79 Å². The third kappa shape index (κ3) is 4.85. The second-order valence-electron chi connectivity index (χ2n) is 6.36. The molecule has 2 amide bonds. The number of hydrogen-bond donors (Lipinski definition) is 2. The second-order valence-corrected chi connectivity index (χ2v) is 6.36. The van der Waals surface area contributed by atoms with Crippen molar-refractivity contribution in [2.45, 2.75) is 19.9 Å². The number of nitrogens with one attached hydrogen (secondary N) is 2. The lowest BCUT2D eigenvalue weighted by Crippen LogP contribution is -2.37. The van der Waals surface area contributed by atoms with Gasteiger partial charge in [-0.2, -0.15) is 0 Å². The maximum Gasteiger partial charge on any atom is 0.251 e. The van der Waals surface area contributed by atoms with Gasteiger partial charge >= 0.3 is 0 Å². The minimum absolute atomic E-state index is 0.0939. The van der Waals surface area contributed by atoms with Gasteiger partial charge in [0.25, 0.3) is 5.91 Å². The van der Waals surface area contributed by atoms with E-state index in [0.717, 1.165) is 16.9 Å². The lowest BCUT2D eigenvalue weighted by Gasteiger charge is -2.12. The fraction of sp³-hybridized carbons (Fsp3) is 0.182. The molecule has 0 radical (unpaired) electrons. The van der Waals surface area contributed by atoms with E-state index >= 15 is 0 Å². The molecule has 1 unspecified atom stereocenters. The maximum absolute atomic E-state index is 12.2. The summed E-state index contributed by atoms with van der Waals surface area (Å²) in [6.45, 7) is 3.59. The third-order valence-electron chi connectivity index (χ3n) is 4.23. The first-order valence-corrected chi connectivity index (χ1v) is 8.82. The molecule has 3 rings (SSSR count). The fourth-order valence-corrected chi connectivity index (χ4v) is 2.76. The molecule has 0 aliphatic carbocycles. The number of hydrogen-bond acceptors (Lipinski definition) is 3. The minimum Gasteiger partial charge on any atom is -0.464 e. The molecular formula is C22H22N2O3. The van der Waals surface area contributed by atoms with E-state index in [9.17, 15) is 9.59 Å². The molecule has 2 aromatic carbocycles. The van der Waals surface area contributed by atoms with Crippen molar-refractivity contribution in [2.75, 3.05) is 6.54 Å². The predicted molar refractivity (Wildman–Crippen MR) is 104 cm³/mol. The van der Waals surface area contributed by atoms with Crippen LogP contribution >= 0.6 is 0 Å². The van der Waals surface area contributed by atoms with Crippen molar-refractivity contribution in [3.8, 4) is 11.1 Å². The van der Waals surface area contributed by atoms with E-state index in [1.54, 1.807) is 12.1 Å². The van der Waals surface area contributed by atoms with Crippen LogP contribution in [0.5, 0.6) is 0 Å². The number of carbonyl (C=O) groups is 2. The number of rotatable bonds is 6. The van der Waals surface area contributed by atoms with Crippen LogP contribution in [0.3, 0.4) is 0 Å². The summed E-state index contributed by atoms with van der Waals surface area (Å²) in [4.78, 5) is 24.3. The average Bonchev–Trinajstić information content (AvgIpc) is 3.13. The highest BCUT2D eigenvalue weighted by atomic mass is 16.3. The van der Waals surface area contributed by atoms with Crippen LogP contribution in [0, 0.1) is 6.92 Å². The molecule has 0 saturated carbocycles. The van der Waals surface area contributed by atoms with E-state index < -0.39 is 0 Å². The Bertz CT molecular complexity index is 914. The second kappa shape index (κ2) is 8.36. The van der Waals surface area contributed by atoms with Gasteiger partial charge in [0.1, 0.15) is 11.5 Å². The van der Waals surface area contributed by atoms with E-state index in [1.807, 2.05) is 68.4 Å². The summed E-state index contributed by atoms with van der Waals surface area (Å²) < 4.78 is 5.49. The average molecular weight is 362 g/mol. The molecule has 5 heteroatoms. The van der Waals surface area contributed by atoms with Gasteiger partial charge in [0.2, 0.25) is 5.91 Å². The number of aryl methyl sites for hydroxylation is 1. The topological polar surface area (TPSA) is 71.3 Å². The van der Waals surface area contributed by atoms with Gasteiger partial charge in [0, 0.05) is 5.56 Å². The quantitative estimate of drug-likeness (QED) is 0.699. The molecule has 0 fully saturated rings. The Morgan fingerprint density at radius 2 is 1.59 bits per heavy atom. The molecule has 3 aromatic rings. The summed E-state index contributed by atoms with van der Waals surface area (Å²) in [5, 5.41) is 5.44. The van der Waals surface area contributed by atoms with Crippen molar-refractivity contribution in [1.82, 2.24) is 10.6 Å². The highest BCUT2D eigenvalue weighted by Crippen LogP contribution is 2.19. The first-order valence-electron chi connectivity index (χ1n) is 8.82. The van der Waals surface area contributed by atoms with Gasteiger partial charge < -0.3 is 15.1 Å². The fourth-order valence-electron chi connectivity index (χ4n) is 2.76. The lowest BCUT2D eigenvalue weighted by atomic mass is 10.0. The Balaban J connectivity index is 1.52. The smallest absolute Gasteiger partial charge is 0.251 e. The van der Waals surface area contributed by atoms with Crippen LogP contribution in [0.15, 0.2) is 71.1 Å². The van der Waals surface area contributed by atoms with Crippen molar-refractivity contribution in [3.63, 3.8) is 0 Å². The van der Waals surface area contributed by atoms with E-state index in [-0.39, 0.29) is 24.4 Å². The van der Waals surface area contributed by atoms with Crippen LogP contribution in [0.25, 0.3) is 11.1 Å². The summed E-state index contributed by atoms with van der Waals surface area (Å²) in [5.74, 6) is 0.916. The van der Waals surface area contributed by atoms with Crippen LogP contribution in [0.1, 0.15) is 34.8 Å². The molecule has 2 N–H and O–H groups in total. The van der Waals surface area contributed by atoms with Crippen molar-refractivity contribution in [3.05, 3.63) is 83.8 Å². The monoisotopic (exact) mass is 362 g/mol. The Morgan fingerprint density at radius 3 is 2.22 bits per heavy atom.